The summed E-state index contributed by atoms with van der Waals surface area (Å²) in [5.41, 5.74) is 0.298. The van der Waals surface area contributed by atoms with E-state index in [0.29, 0.717) is 19.6 Å². The Kier molecular flexibility index (Phi) is 5.36. The normalized spacial score (nSPS) is 15.3. The number of carbonyl (C=O) groups excluding carboxylic acids is 2. The smallest absolute Gasteiger partial charge is 0.408 e. The summed E-state index contributed by atoms with van der Waals surface area (Å²) in [4.78, 5) is 28.6. The van der Waals surface area contributed by atoms with Crippen molar-refractivity contribution < 1.29 is 19.1 Å². The standard InChI is InChI=1S/C17H22N2O4/c1-17(2,3)23-16(21)19-13(11-12-7-5-4-6-8-12)14(20)15-18-9-10-22-15/h4-8,13H,9-11H2,1-3H3,(H,19,21)/t13-/m0/s1. The number of hydrogen-bond donors (Lipinski definition) is 1. The third-order valence-corrected chi connectivity index (χ3v) is 3.09. The Morgan fingerprint density at radius 3 is 2.57 bits per heavy atom. The first-order chi connectivity index (χ1) is 10.8. The lowest BCUT2D eigenvalue weighted by Crippen LogP contribution is -2.47. The first-order valence-corrected chi connectivity index (χ1v) is 7.60. The predicted octanol–water partition coefficient (Wildman–Crippen LogP) is 2.12. The van der Waals surface area contributed by atoms with Crippen LogP contribution in [0.15, 0.2) is 35.3 Å². The number of benzene rings is 1. The maximum absolute atomic E-state index is 12.5. The Bertz CT molecular complexity index is 590. The van der Waals surface area contributed by atoms with Crippen LogP contribution < -0.4 is 5.32 Å². The van der Waals surface area contributed by atoms with Gasteiger partial charge in [0.25, 0.3) is 5.90 Å². The Labute approximate surface area is 135 Å². The van der Waals surface area contributed by atoms with Crippen molar-refractivity contribution in [3.63, 3.8) is 0 Å². The molecule has 1 amide bonds. The van der Waals surface area contributed by atoms with E-state index >= 15 is 0 Å². The molecule has 0 aliphatic carbocycles. The van der Waals surface area contributed by atoms with E-state index in [9.17, 15) is 9.59 Å². The second kappa shape index (κ2) is 7.26. The lowest BCUT2D eigenvalue weighted by molar-refractivity contribution is -0.116. The van der Waals surface area contributed by atoms with Gasteiger partial charge in [0.05, 0.1) is 6.54 Å². The number of hydrogen-bond acceptors (Lipinski definition) is 5. The molecular formula is C17H22N2O4. The number of ether oxygens (including phenoxy) is 2. The molecule has 0 spiro atoms. The molecule has 1 aromatic carbocycles. The zero-order valence-electron chi connectivity index (χ0n) is 13.7. The van der Waals surface area contributed by atoms with Gasteiger partial charge in [-0.05, 0) is 26.3 Å². The van der Waals surface area contributed by atoms with Gasteiger partial charge in [0.1, 0.15) is 18.2 Å². The van der Waals surface area contributed by atoms with Crippen LogP contribution in [0.1, 0.15) is 26.3 Å². The summed E-state index contributed by atoms with van der Waals surface area (Å²) in [6.07, 6.45) is -0.285. The highest BCUT2D eigenvalue weighted by Crippen LogP contribution is 2.10. The second-order valence-electron chi connectivity index (χ2n) is 6.29. The van der Waals surface area contributed by atoms with Crippen molar-refractivity contribution in [3.05, 3.63) is 35.9 Å². The van der Waals surface area contributed by atoms with Gasteiger partial charge in [0.2, 0.25) is 5.78 Å². The molecule has 6 nitrogen and oxygen atoms in total. The molecule has 0 unspecified atom stereocenters. The number of carbonyl (C=O) groups is 2. The van der Waals surface area contributed by atoms with E-state index in [-0.39, 0.29) is 11.7 Å². The Balaban J connectivity index is 2.10. The molecule has 1 N–H and O–H groups in total. The van der Waals surface area contributed by atoms with Crippen molar-refractivity contribution in [2.24, 2.45) is 4.99 Å². The van der Waals surface area contributed by atoms with Crippen LogP contribution >= 0.6 is 0 Å². The summed E-state index contributed by atoms with van der Waals surface area (Å²) in [5.74, 6) is -0.265. The van der Waals surface area contributed by atoms with Crippen LogP contribution in [-0.2, 0) is 20.7 Å². The minimum absolute atomic E-state index is 0.0713. The lowest BCUT2D eigenvalue weighted by Gasteiger charge is -2.23. The number of nitrogens with one attached hydrogen (secondary N) is 1. The largest absolute Gasteiger partial charge is 0.473 e. The number of ketones is 1. The average molecular weight is 318 g/mol. The van der Waals surface area contributed by atoms with Crippen molar-refractivity contribution in [2.45, 2.75) is 38.8 Å². The molecule has 0 radical (unpaired) electrons. The van der Waals surface area contributed by atoms with Gasteiger partial charge in [-0.2, -0.15) is 0 Å². The van der Waals surface area contributed by atoms with E-state index in [2.05, 4.69) is 10.3 Å². The maximum atomic E-state index is 12.5. The van der Waals surface area contributed by atoms with E-state index in [1.165, 1.54) is 0 Å². The van der Waals surface area contributed by atoms with Gasteiger partial charge in [-0.1, -0.05) is 30.3 Å². The molecule has 1 aliphatic rings. The van der Waals surface area contributed by atoms with Crippen molar-refractivity contribution in [2.75, 3.05) is 13.2 Å². The Morgan fingerprint density at radius 2 is 2.00 bits per heavy atom. The second-order valence-corrected chi connectivity index (χ2v) is 6.29. The molecule has 124 valence electrons. The highest BCUT2D eigenvalue weighted by atomic mass is 16.6. The minimum Gasteiger partial charge on any atom is -0.473 e. The molecule has 0 saturated carbocycles. The summed E-state index contributed by atoms with van der Waals surface area (Å²) in [6.45, 7) is 6.16. The predicted molar refractivity (Wildman–Crippen MR) is 86.6 cm³/mol. The van der Waals surface area contributed by atoms with Crippen molar-refractivity contribution >= 4 is 17.8 Å². The lowest BCUT2D eigenvalue weighted by atomic mass is 10.0. The zero-order valence-corrected chi connectivity index (χ0v) is 13.7. The molecule has 1 aromatic rings. The molecule has 2 rings (SSSR count). The average Bonchev–Trinajstić information content (AvgIpc) is 2.99. The summed E-state index contributed by atoms with van der Waals surface area (Å²) >= 11 is 0. The highest BCUT2D eigenvalue weighted by molar-refractivity contribution is 6.38. The number of amides is 1. The van der Waals surface area contributed by atoms with Gasteiger partial charge in [-0.25, -0.2) is 9.79 Å². The number of alkyl carbamates (subject to hydrolysis) is 1. The van der Waals surface area contributed by atoms with Crippen molar-refractivity contribution in [1.82, 2.24) is 5.32 Å². The molecule has 0 saturated heterocycles. The molecule has 1 atom stereocenters. The van der Waals surface area contributed by atoms with Crippen LogP contribution in [0.4, 0.5) is 4.79 Å². The van der Waals surface area contributed by atoms with Crippen molar-refractivity contribution in [1.29, 1.82) is 0 Å². The zero-order chi connectivity index (χ0) is 16.9. The van der Waals surface area contributed by atoms with E-state index in [0.717, 1.165) is 5.56 Å². The number of nitrogens with zero attached hydrogens (tertiary/aromatic N) is 1. The van der Waals surface area contributed by atoms with Crippen LogP contribution in [0.3, 0.4) is 0 Å². The van der Waals surface area contributed by atoms with Crippen LogP contribution in [-0.4, -0.2) is 42.6 Å². The number of Topliss-reactive ketones (excluding diaryl/α,β-unsaturated/α-hetero) is 1. The number of rotatable bonds is 5. The summed E-state index contributed by atoms with van der Waals surface area (Å²) in [7, 11) is 0. The van der Waals surface area contributed by atoms with Crippen LogP contribution in [0, 0.1) is 0 Å². The van der Waals surface area contributed by atoms with E-state index in [1.54, 1.807) is 20.8 Å². The first-order valence-electron chi connectivity index (χ1n) is 7.60. The van der Waals surface area contributed by atoms with E-state index in [4.69, 9.17) is 9.47 Å². The first kappa shape index (κ1) is 17.0. The quantitative estimate of drug-likeness (QED) is 0.902. The summed E-state index contributed by atoms with van der Waals surface area (Å²) in [5, 5.41) is 2.63. The molecule has 1 aliphatic heterocycles. The molecule has 0 bridgehead atoms. The topological polar surface area (TPSA) is 77.0 Å². The van der Waals surface area contributed by atoms with Gasteiger partial charge in [0.15, 0.2) is 0 Å². The maximum Gasteiger partial charge on any atom is 0.408 e. The summed E-state index contributed by atoms with van der Waals surface area (Å²) in [6, 6.07) is 8.68. The van der Waals surface area contributed by atoms with Gasteiger partial charge >= 0.3 is 6.09 Å². The third kappa shape index (κ3) is 5.39. The molecule has 6 heteroatoms. The SMILES string of the molecule is CC(C)(C)OC(=O)N[C@@H](Cc1ccccc1)C(=O)C1=NCCO1. The fourth-order valence-corrected chi connectivity index (χ4v) is 2.14. The van der Waals surface area contributed by atoms with Gasteiger partial charge in [-0.3, -0.25) is 4.79 Å². The minimum atomic E-state index is -0.774. The molecule has 0 fully saturated rings. The van der Waals surface area contributed by atoms with E-state index < -0.39 is 17.7 Å². The fourth-order valence-electron chi connectivity index (χ4n) is 2.14. The molecule has 0 aromatic heterocycles. The van der Waals surface area contributed by atoms with Gasteiger partial charge in [0, 0.05) is 6.42 Å². The fraction of sp³-hybridized carbons (Fsp3) is 0.471. The van der Waals surface area contributed by atoms with Crippen LogP contribution in [0.25, 0.3) is 0 Å². The van der Waals surface area contributed by atoms with Crippen molar-refractivity contribution in [3.8, 4) is 0 Å². The van der Waals surface area contributed by atoms with Gasteiger partial charge in [-0.15, -0.1) is 0 Å². The van der Waals surface area contributed by atoms with Crippen LogP contribution in [0.5, 0.6) is 0 Å². The Hall–Kier alpha value is -2.37. The molecule has 23 heavy (non-hydrogen) atoms. The highest BCUT2D eigenvalue weighted by Gasteiger charge is 2.30. The van der Waals surface area contributed by atoms with E-state index in [1.807, 2.05) is 30.3 Å². The number of aliphatic imine (C=N–C) groups is 1. The molecular weight excluding hydrogens is 296 g/mol. The Morgan fingerprint density at radius 1 is 1.30 bits per heavy atom. The van der Waals surface area contributed by atoms with Gasteiger partial charge < -0.3 is 14.8 Å². The third-order valence-electron chi connectivity index (χ3n) is 3.09. The van der Waals surface area contributed by atoms with Crippen LogP contribution in [0.2, 0.25) is 0 Å². The summed E-state index contributed by atoms with van der Waals surface area (Å²) < 4.78 is 10.5. The monoisotopic (exact) mass is 318 g/mol. The molecule has 1 heterocycles.